The molecule has 4 rings (SSSR count). The molecule has 2 N–H and O–H groups in total. The molecule has 1 heterocycles. The number of ether oxygens (including phenoxy) is 1. The number of alkyl carbamates (subject to hydrolysis) is 1. The third-order valence-corrected chi connectivity index (χ3v) is 7.31. The lowest BCUT2D eigenvalue weighted by atomic mass is 9.98. The highest BCUT2D eigenvalue weighted by Gasteiger charge is 2.20. The van der Waals surface area contributed by atoms with Crippen molar-refractivity contribution in [2.75, 3.05) is 0 Å². The van der Waals surface area contributed by atoms with Crippen molar-refractivity contribution in [3.8, 4) is 22.4 Å². The molecule has 0 aliphatic heterocycles. The van der Waals surface area contributed by atoms with E-state index in [0.717, 1.165) is 16.7 Å². The molecule has 41 heavy (non-hydrogen) atoms. The first-order valence-corrected chi connectivity index (χ1v) is 14.7. The minimum atomic E-state index is -4.14. The summed E-state index contributed by atoms with van der Waals surface area (Å²) in [5.41, 5.74) is 3.08. The normalized spacial score (nSPS) is 12.1. The summed E-state index contributed by atoms with van der Waals surface area (Å²) in [5, 5.41) is 6.50. The first-order valence-electron chi connectivity index (χ1n) is 12.5. The lowest BCUT2D eigenvalue weighted by molar-refractivity contribution is 0.0561. The molecule has 4 aromatic rings. The molecule has 0 unspecified atom stereocenters. The van der Waals surface area contributed by atoms with Crippen LogP contribution in [0.3, 0.4) is 0 Å². The van der Waals surface area contributed by atoms with Crippen LogP contribution in [0.15, 0.2) is 100 Å². The summed E-state index contributed by atoms with van der Waals surface area (Å²) in [6.07, 6.45) is 0.794. The lowest BCUT2D eigenvalue weighted by Crippen LogP contribution is -2.43. The van der Waals surface area contributed by atoms with Crippen molar-refractivity contribution in [2.45, 2.75) is 37.8 Å². The van der Waals surface area contributed by atoms with Gasteiger partial charge in [-0.1, -0.05) is 65.7 Å². The number of benzene rings is 3. The number of rotatable bonds is 6. The number of carbonyl (C=O) groups is 1. The fourth-order valence-corrected chi connectivity index (χ4v) is 5.04. The molecule has 11 heteroatoms. The van der Waals surface area contributed by atoms with Crippen molar-refractivity contribution in [2.24, 2.45) is 4.40 Å². The van der Waals surface area contributed by atoms with E-state index in [9.17, 15) is 13.2 Å². The van der Waals surface area contributed by atoms with E-state index in [1.807, 2.05) is 36.4 Å². The summed E-state index contributed by atoms with van der Waals surface area (Å²) in [6.45, 7) is 5.18. The quantitative estimate of drug-likeness (QED) is 0.178. The number of hydrogen-bond donors (Lipinski definition) is 2. The number of pyridine rings is 1. The molecular formula is C30H28Cl2N4O4S. The molecule has 0 aliphatic rings. The van der Waals surface area contributed by atoms with Gasteiger partial charge in [-0.3, -0.25) is 10.3 Å². The predicted molar refractivity (Wildman–Crippen MR) is 162 cm³/mol. The maximum absolute atomic E-state index is 13.0. The molecule has 1 amide bonds. The Morgan fingerprint density at radius 1 is 0.902 bits per heavy atom. The number of carbonyl (C=O) groups excluding carboxylic acids is 1. The van der Waals surface area contributed by atoms with E-state index in [4.69, 9.17) is 32.9 Å². The molecule has 212 valence electrons. The molecule has 0 saturated carbocycles. The van der Waals surface area contributed by atoms with E-state index >= 15 is 0 Å². The van der Waals surface area contributed by atoms with E-state index in [-0.39, 0.29) is 17.4 Å². The van der Waals surface area contributed by atoms with Crippen LogP contribution in [0.25, 0.3) is 22.4 Å². The largest absolute Gasteiger partial charge is 0.444 e. The van der Waals surface area contributed by atoms with Gasteiger partial charge in [0.25, 0.3) is 10.0 Å². The van der Waals surface area contributed by atoms with Gasteiger partial charge in [-0.05, 0) is 74.4 Å². The van der Waals surface area contributed by atoms with Gasteiger partial charge in [0, 0.05) is 33.9 Å². The van der Waals surface area contributed by atoms with Gasteiger partial charge >= 0.3 is 6.09 Å². The second-order valence-corrected chi connectivity index (χ2v) is 12.4. The van der Waals surface area contributed by atoms with Crippen molar-refractivity contribution in [3.63, 3.8) is 0 Å². The van der Waals surface area contributed by atoms with E-state index in [1.165, 1.54) is 12.1 Å². The zero-order chi connectivity index (χ0) is 29.6. The fourth-order valence-electron chi connectivity index (χ4n) is 3.77. The zero-order valence-electron chi connectivity index (χ0n) is 22.6. The van der Waals surface area contributed by atoms with Crippen molar-refractivity contribution in [1.29, 1.82) is 0 Å². The van der Waals surface area contributed by atoms with Crippen LogP contribution in [0.1, 0.15) is 26.3 Å². The van der Waals surface area contributed by atoms with Gasteiger partial charge < -0.3 is 10.1 Å². The number of nitrogens with one attached hydrogen (secondary N) is 2. The third kappa shape index (κ3) is 8.53. The Balaban J connectivity index is 1.68. The van der Waals surface area contributed by atoms with E-state index < -0.39 is 21.7 Å². The van der Waals surface area contributed by atoms with Crippen molar-refractivity contribution < 1.29 is 17.9 Å². The molecule has 0 atom stereocenters. The van der Waals surface area contributed by atoms with E-state index in [1.54, 1.807) is 63.4 Å². The first kappa shape index (κ1) is 30.0. The zero-order valence-corrected chi connectivity index (χ0v) is 24.9. The van der Waals surface area contributed by atoms with Crippen LogP contribution in [0, 0.1) is 0 Å². The number of halogens is 2. The molecule has 0 spiro atoms. The van der Waals surface area contributed by atoms with Gasteiger partial charge in [-0.2, -0.15) is 8.42 Å². The van der Waals surface area contributed by atoms with Crippen LogP contribution in [-0.4, -0.2) is 31.1 Å². The highest BCUT2D eigenvalue weighted by molar-refractivity contribution is 7.90. The molecule has 1 aromatic heterocycles. The molecule has 0 fully saturated rings. The minimum absolute atomic E-state index is 0.0251. The SMILES string of the molecule is CC(C)(C)OC(=O)NC(=NS(=O)(=O)c1ccccc1)NCc1cnc(-c2cccc(Cl)c2)c(-c2ccc(Cl)cc2)c1. The Labute approximate surface area is 249 Å². The second kappa shape index (κ2) is 12.7. The highest BCUT2D eigenvalue weighted by Crippen LogP contribution is 2.33. The summed E-state index contributed by atoms with van der Waals surface area (Å²) in [6, 6.07) is 24.3. The predicted octanol–water partition coefficient (Wildman–Crippen LogP) is 7.08. The van der Waals surface area contributed by atoms with Crippen LogP contribution < -0.4 is 10.6 Å². The summed E-state index contributed by atoms with van der Waals surface area (Å²) in [7, 11) is -4.14. The van der Waals surface area contributed by atoms with Gasteiger partial charge in [0.2, 0.25) is 5.96 Å². The molecule has 3 aromatic carbocycles. The molecule has 8 nitrogen and oxygen atoms in total. The summed E-state index contributed by atoms with van der Waals surface area (Å²) in [4.78, 5) is 17.2. The smallest absolute Gasteiger partial charge is 0.414 e. The van der Waals surface area contributed by atoms with Crippen LogP contribution in [0.2, 0.25) is 10.0 Å². The van der Waals surface area contributed by atoms with Crippen molar-refractivity contribution in [1.82, 2.24) is 15.6 Å². The number of nitrogens with zero attached hydrogens (tertiary/aromatic N) is 2. The lowest BCUT2D eigenvalue weighted by Gasteiger charge is -2.20. The first-order chi connectivity index (χ1) is 19.4. The van der Waals surface area contributed by atoms with E-state index in [2.05, 4.69) is 15.0 Å². The highest BCUT2D eigenvalue weighted by atomic mass is 35.5. The summed E-state index contributed by atoms with van der Waals surface area (Å²) < 4.78 is 35.1. The average Bonchev–Trinajstić information content (AvgIpc) is 2.91. The van der Waals surface area contributed by atoms with Crippen LogP contribution in [0.4, 0.5) is 4.79 Å². The van der Waals surface area contributed by atoms with Gasteiger partial charge in [-0.25, -0.2) is 4.79 Å². The number of guanidine groups is 1. The Bertz CT molecular complexity index is 1670. The average molecular weight is 612 g/mol. The Morgan fingerprint density at radius 2 is 1.61 bits per heavy atom. The van der Waals surface area contributed by atoms with Gasteiger partial charge in [0.05, 0.1) is 10.6 Å². The maximum Gasteiger partial charge on any atom is 0.414 e. The van der Waals surface area contributed by atoms with Crippen LogP contribution >= 0.6 is 23.2 Å². The fraction of sp³-hybridized carbons (Fsp3) is 0.167. The topological polar surface area (TPSA) is 110 Å². The van der Waals surface area contributed by atoms with Gasteiger partial charge in [-0.15, -0.1) is 4.40 Å². The van der Waals surface area contributed by atoms with Gasteiger partial charge in [0.1, 0.15) is 5.60 Å². The Morgan fingerprint density at radius 3 is 2.27 bits per heavy atom. The van der Waals surface area contributed by atoms with E-state index in [0.29, 0.717) is 21.3 Å². The molecule has 0 saturated heterocycles. The Kier molecular flexibility index (Phi) is 9.32. The van der Waals surface area contributed by atoms with Crippen LogP contribution in [0.5, 0.6) is 0 Å². The summed E-state index contributed by atoms with van der Waals surface area (Å²) >= 11 is 12.4. The minimum Gasteiger partial charge on any atom is -0.444 e. The molecule has 0 aliphatic carbocycles. The molecule has 0 bridgehead atoms. The standard InChI is InChI=1S/C30H28Cl2N4O4S/c1-30(2,3)40-29(37)35-28(36-41(38,39)25-10-5-4-6-11-25)34-19-20-16-26(21-12-14-23(31)15-13-21)27(33-18-20)22-8-7-9-24(32)17-22/h4-18H,19H2,1-3H3,(H2,34,35,36,37). The Hall–Kier alpha value is -3.92. The van der Waals surface area contributed by atoms with Gasteiger partial charge in [0.15, 0.2) is 0 Å². The van der Waals surface area contributed by atoms with Crippen LogP contribution in [-0.2, 0) is 21.3 Å². The number of sulfonamides is 1. The molecular weight excluding hydrogens is 583 g/mol. The second-order valence-electron chi connectivity index (χ2n) is 9.97. The monoisotopic (exact) mass is 610 g/mol. The number of hydrogen-bond acceptors (Lipinski definition) is 5. The third-order valence-electron chi connectivity index (χ3n) is 5.53. The number of amides is 1. The summed E-state index contributed by atoms with van der Waals surface area (Å²) in [5.74, 6) is -0.296. The maximum atomic E-state index is 13.0. The molecule has 0 radical (unpaired) electrons. The number of aromatic nitrogens is 1. The van der Waals surface area contributed by atoms with Crippen molar-refractivity contribution in [3.05, 3.63) is 107 Å². The van der Waals surface area contributed by atoms with Crippen molar-refractivity contribution >= 4 is 45.3 Å².